The molecular weight excluding hydrogens is 176 g/mol. The van der Waals surface area contributed by atoms with E-state index in [0.717, 1.165) is 18.7 Å². The highest BCUT2D eigenvalue weighted by Gasteiger charge is 2.03. The Morgan fingerprint density at radius 3 is 2.92 bits per heavy atom. The molecule has 0 saturated carbocycles. The predicted molar refractivity (Wildman–Crippen MR) is 50.5 cm³/mol. The zero-order valence-electron chi connectivity index (χ0n) is 7.41. The Bertz CT molecular complexity index is 189. The monoisotopic (exact) mass is 190 g/mol. The number of nitrogens with one attached hydrogen (secondary N) is 1. The molecule has 3 nitrogen and oxygen atoms in total. The number of nitrogens with zero attached hydrogens (tertiary/aromatic N) is 1. The van der Waals surface area contributed by atoms with Crippen molar-refractivity contribution >= 4 is 12.4 Å². The maximum atomic E-state index is 4.72. The van der Waals surface area contributed by atoms with Gasteiger partial charge in [-0.2, -0.15) is 0 Å². The van der Waals surface area contributed by atoms with Crippen LogP contribution in [0.2, 0.25) is 0 Å². The van der Waals surface area contributed by atoms with Gasteiger partial charge in [-0.05, 0) is 25.9 Å². The smallest absolute Gasteiger partial charge is 0.124 e. The van der Waals surface area contributed by atoms with Gasteiger partial charge in [0.15, 0.2) is 0 Å². The third kappa shape index (κ3) is 3.74. The zero-order chi connectivity index (χ0) is 8.10. The van der Waals surface area contributed by atoms with Gasteiger partial charge >= 0.3 is 0 Å². The fraction of sp³-hybridized carbons (Fsp3) is 0.625. The summed E-state index contributed by atoms with van der Waals surface area (Å²) in [5, 5.41) is 6.96. The Kier molecular flexibility index (Phi) is 5.76. The average molecular weight is 191 g/mol. The lowest BCUT2D eigenvalue weighted by Gasteiger charge is -2.06. The molecule has 1 atom stereocenters. The van der Waals surface area contributed by atoms with Crippen molar-refractivity contribution in [3.8, 4) is 0 Å². The second-order valence-corrected chi connectivity index (χ2v) is 2.86. The molecule has 0 saturated heterocycles. The quantitative estimate of drug-likeness (QED) is 0.782. The lowest BCUT2D eigenvalue weighted by molar-refractivity contribution is 0.404. The van der Waals surface area contributed by atoms with Gasteiger partial charge in [0.1, 0.15) is 6.26 Å². The van der Waals surface area contributed by atoms with Gasteiger partial charge in [0, 0.05) is 6.07 Å². The molecule has 1 aromatic rings. The molecule has 1 rings (SSSR count). The number of hydrogen-bond donors (Lipinski definition) is 1. The summed E-state index contributed by atoms with van der Waals surface area (Å²) >= 11 is 0. The molecule has 1 unspecified atom stereocenters. The van der Waals surface area contributed by atoms with E-state index in [1.54, 1.807) is 6.26 Å². The Balaban J connectivity index is 0.00000121. The minimum absolute atomic E-state index is 0. The third-order valence-electron chi connectivity index (χ3n) is 1.60. The highest BCUT2D eigenvalue weighted by molar-refractivity contribution is 5.85. The van der Waals surface area contributed by atoms with Crippen LogP contribution in [0, 0.1) is 5.92 Å². The molecule has 0 aliphatic rings. The largest absolute Gasteiger partial charge is 0.365 e. The van der Waals surface area contributed by atoms with Crippen molar-refractivity contribution in [2.75, 3.05) is 13.6 Å². The van der Waals surface area contributed by atoms with Gasteiger partial charge in [0.05, 0.1) is 5.69 Å². The molecule has 0 radical (unpaired) electrons. The van der Waals surface area contributed by atoms with Crippen LogP contribution >= 0.6 is 12.4 Å². The van der Waals surface area contributed by atoms with E-state index in [0.29, 0.717) is 5.92 Å². The van der Waals surface area contributed by atoms with E-state index >= 15 is 0 Å². The van der Waals surface area contributed by atoms with Crippen molar-refractivity contribution in [3.05, 3.63) is 18.0 Å². The van der Waals surface area contributed by atoms with E-state index in [9.17, 15) is 0 Å². The first kappa shape index (κ1) is 11.5. The molecule has 70 valence electrons. The van der Waals surface area contributed by atoms with E-state index < -0.39 is 0 Å². The van der Waals surface area contributed by atoms with Gasteiger partial charge in [0.25, 0.3) is 0 Å². The maximum Gasteiger partial charge on any atom is 0.124 e. The summed E-state index contributed by atoms with van der Waals surface area (Å²) in [4.78, 5) is 0. The van der Waals surface area contributed by atoms with E-state index in [1.165, 1.54) is 0 Å². The van der Waals surface area contributed by atoms with Gasteiger partial charge in [-0.3, -0.25) is 0 Å². The van der Waals surface area contributed by atoms with Gasteiger partial charge < -0.3 is 9.84 Å². The Morgan fingerprint density at radius 2 is 2.42 bits per heavy atom. The van der Waals surface area contributed by atoms with Crippen LogP contribution in [0.4, 0.5) is 0 Å². The van der Waals surface area contributed by atoms with Gasteiger partial charge in [-0.25, -0.2) is 0 Å². The Labute approximate surface area is 78.9 Å². The standard InChI is InChI=1S/C8H14N2O.ClH/c1-7(6-9-2)5-8-3-4-11-10-8;/h3-4,7,9H,5-6H2,1-2H3;1H. The highest BCUT2D eigenvalue weighted by Crippen LogP contribution is 2.04. The summed E-state index contributed by atoms with van der Waals surface area (Å²) < 4.78 is 4.72. The first-order valence-electron chi connectivity index (χ1n) is 3.86. The molecule has 4 heteroatoms. The van der Waals surface area contributed by atoms with Crippen LogP contribution < -0.4 is 5.32 Å². The summed E-state index contributed by atoms with van der Waals surface area (Å²) in [6.07, 6.45) is 2.60. The molecule has 1 N–H and O–H groups in total. The predicted octanol–water partition coefficient (Wildman–Crippen LogP) is 1.49. The van der Waals surface area contributed by atoms with Crippen molar-refractivity contribution in [2.45, 2.75) is 13.3 Å². The van der Waals surface area contributed by atoms with Crippen molar-refractivity contribution in [1.29, 1.82) is 0 Å². The zero-order valence-corrected chi connectivity index (χ0v) is 8.23. The molecule has 0 aliphatic heterocycles. The van der Waals surface area contributed by atoms with E-state index in [2.05, 4.69) is 17.4 Å². The first-order chi connectivity index (χ1) is 5.33. The van der Waals surface area contributed by atoms with E-state index in [-0.39, 0.29) is 12.4 Å². The van der Waals surface area contributed by atoms with Crippen LogP contribution in [0.1, 0.15) is 12.6 Å². The van der Waals surface area contributed by atoms with Crippen LogP contribution in [0.5, 0.6) is 0 Å². The van der Waals surface area contributed by atoms with Crippen LogP contribution in [0.15, 0.2) is 16.9 Å². The van der Waals surface area contributed by atoms with Crippen molar-refractivity contribution < 1.29 is 4.52 Å². The van der Waals surface area contributed by atoms with Gasteiger partial charge in [-0.15, -0.1) is 12.4 Å². The van der Waals surface area contributed by atoms with Crippen molar-refractivity contribution in [3.63, 3.8) is 0 Å². The van der Waals surface area contributed by atoms with Crippen LogP contribution in [0.3, 0.4) is 0 Å². The normalized spacial score (nSPS) is 12.2. The van der Waals surface area contributed by atoms with Crippen molar-refractivity contribution in [2.24, 2.45) is 5.92 Å². The molecule has 0 fully saturated rings. The first-order valence-corrected chi connectivity index (χ1v) is 3.86. The fourth-order valence-corrected chi connectivity index (χ4v) is 1.12. The Morgan fingerprint density at radius 1 is 1.67 bits per heavy atom. The van der Waals surface area contributed by atoms with E-state index in [4.69, 9.17) is 4.52 Å². The maximum absolute atomic E-state index is 4.72. The summed E-state index contributed by atoms with van der Waals surface area (Å²) in [6.45, 7) is 3.21. The number of halogens is 1. The molecule has 0 aliphatic carbocycles. The second kappa shape index (κ2) is 6.03. The number of aromatic nitrogens is 1. The molecule has 12 heavy (non-hydrogen) atoms. The lowest BCUT2D eigenvalue weighted by atomic mass is 10.1. The number of rotatable bonds is 4. The fourth-order valence-electron chi connectivity index (χ4n) is 1.12. The number of hydrogen-bond acceptors (Lipinski definition) is 3. The summed E-state index contributed by atoms with van der Waals surface area (Å²) in [7, 11) is 1.96. The highest BCUT2D eigenvalue weighted by atomic mass is 35.5. The van der Waals surface area contributed by atoms with E-state index in [1.807, 2.05) is 13.1 Å². The van der Waals surface area contributed by atoms with Gasteiger partial charge in [0.2, 0.25) is 0 Å². The lowest BCUT2D eigenvalue weighted by Crippen LogP contribution is -2.17. The summed E-state index contributed by atoms with van der Waals surface area (Å²) in [5.41, 5.74) is 1.03. The van der Waals surface area contributed by atoms with Gasteiger partial charge in [-0.1, -0.05) is 12.1 Å². The summed E-state index contributed by atoms with van der Waals surface area (Å²) in [5.74, 6) is 0.616. The molecular formula is C8H15ClN2O. The molecule has 0 aromatic carbocycles. The molecule has 1 heterocycles. The average Bonchev–Trinajstić information content (AvgIpc) is 2.40. The third-order valence-corrected chi connectivity index (χ3v) is 1.60. The molecule has 0 spiro atoms. The topological polar surface area (TPSA) is 38.1 Å². The SMILES string of the molecule is CNCC(C)Cc1ccon1.Cl. The second-order valence-electron chi connectivity index (χ2n) is 2.86. The van der Waals surface area contributed by atoms with Crippen LogP contribution in [0.25, 0.3) is 0 Å². The Hall–Kier alpha value is -0.540. The molecule has 0 amide bonds. The molecule has 0 bridgehead atoms. The van der Waals surface area contributed by atoms with Crippen LogP contribution in [-0.2, 0) is 6.42 Å². The van der Waals surface area contributed by atoms with Crippen molar-refractivity contribution in [1.82, 2.24) is 10.5 Å². The summed E-state index contributed by atoms with van der Waals surface area (Å²) in [6, 6.07) is 1.91. The van der Waals surface area contributed by atoms with Crippen LogP contribution in [-0.4, -0.2) is 18.7 Å². The molecule has 1 aromatic heterocycles. The minimum Gasteiger partial charge on any atom is -0.365 e. The minimum atomic E-state index is 0.